The molecule has 0 aliphatic rings. The van der Waals surface area contributed by atoms with Crippen molar-refractivity contribution in [3.63, 3.8) is 0 Å². The van der Waals surface area contributed by atoms with Crippen molar-refractivity contribution >= 4 is 23.3 Å². The van der Waals surface area contributed by atoms with Gasteiger partial charge < -0.3 is 5.73 Å². The van der Waals surface area contributed by atoms with Gasteiger partial charge in [-0.05, 0) is 19.1 Å². The van der Waals surface area contributed by atoms with Gasteiger partial charge in [-0.15, -0.1) is 0 Å². The first-order valence-electron chi connectivity index (χ1n) is 3.83. The molecule has 1 heterocycles. The molecule has 1 aromatic rings. The van der Waals surface area contributed by atoms with Gasteiger partial charge in [-0.3, -0.25) is 9.78 Å². The van der Waals surface area contributed by atoms with Gasteiger partial charge in [-0.25, -0.2) is 4.39 Å². The minimum atomic E-state index is -0.646. The summed E-state index contributed by atoms with van der Waals surface area (Å²) in [6, 6.07) is 1.29. The molecule has 74 valence electrons. The number of carbonyl (C=O) groups excluding carboxylic acids is 1. The molecule has 0 spiro atoms. The Morgan fingerprint density at radius 2 is 2.36 bits per heavy atom. The van der Waals surface area contributed by atoms with Crippen LogP contribution >= 0.6 is 11.6 Å². The molecule has 0 fully saturated rings. The second-order valence-corrected chi connectivity index (χ2v) is 2.96. The number of amides is 1. The molecule has 1 rings (SSSR count). The summed E-state index contributed by atoms with van der Waals surface area (Å²) in [6.45, 7) is 1.52. The summed E-state index contributed by atoms with van der Waals surface area (Å²) >= 11 is 5.70. The second-order valence-electron chi connectivity index (χ2n) is 2.56. The quantitative estimate of drug-likeness (QED) is 0.820. The number of carbonyl (C=O) groups is 1. The van der Waals surface area contributed by atoms with Crippen LogP contribution in [0, 0.1) is 0 Å². The van der Waals surface area contributed by atoms with E-state index in [0.717, 1.165) is 0 Å². The van der Waals surface area contributed by atoms with Crippen LogP contribution in [0.4, 0.5) is 4.39 Å². The van der Waals surface area contributed by atoms with Crippen LogP contribution in [-0.2, 0) is 0 Å². The molecule has 0 bridgehead atoms. The van der Waals surface area contributed by atoms with E-state index < -0.39 is 11.7 Å². The zero-order chi connectivity index (χ0) is 10.7. The lowest BCUT2D eigenvalue weighted by atomic mass is 10.2. The highest BCUT2D eigenvalue weighted by Crippen LogP contribution is 2.23. The van der Waals surface area contributed by atoms with Crippen molar-refractivity contribution in [2.45, 2.75) is 6.92 Å². The van der Waals surface area contributed by atoms with Crippen LogP contribution in [0.25, 0.3) is 5.83 Å². The SMILES string of the molecule is C/C=C(\F)c1ncc(C(N)=O)cc1Cl. The van der Waals surface area contributed by atoms with Gasteiger partial charge in [-0.1, -0.05) is 11.6 Å². The Hall–Kier alpha value is -1.42. The minimum Gasteiger partial charge on any atom is -0.366 e. The number of pyridine rings is 1. The Balaban J connectivity index is 3.20. The van der Waals surface area contributed by atoms with Gasteiger partial charge in [0.2, 0.25) is 5.91 Å². The van der Waals surface area contributed by atoms with E-state index in [1.165, 1.54) is 25.3 Å². The molecule has 0 atom stereocenters. The summed E-state index contributed by atoms with van der Waals surface area (Å²) < 4.78 is 13.1. The van der Waals surface area contributed by atoms with Crippen LogP contribution in [0.5, 0.6) is 0 Å². The van der Waals surface area contributed by atoms with E-state index in [9.17, 15) is 9.18 Å². The Bertz CT molecular complexity index is 404. The van der Waals surface area contributed by atoms with Crippen molar-refractivity contribution in [1.82, 2.24) is 4.98 Å². The first kappa shape index (κ1) is 10.7. The average molecular weight is 215 g/mol. The molecule has 3 nitrogen and oxygen atoms in total. The number of hydrogen-bond donors (Lipinski definition) is 1. The summed E-state index contributed by atoms with van der Waals surface area (Å²) in [4.78, 5) is 14.4. The molecule has 0 aliphatic carbocycles. The molecule has 0 aromatic carbocycles. The van der Waals surface area contributed by atoms with Crippen molar-refractivity contribution in [1.29, 1.82) is 0 Å². The first-order valence-corrected chi connectivity index (χ1v) is 4.21. The number of rotatable bonds is 2. The largest absolute Gasteiger partial charge is 0.366 e. The van der Waals surface area contributed by atoms with Crippen molar-refractivity contribution in [3.8, 4) is 0 Å². The Kier molecular flexibility index (Phi) is 3.19. The number of primary amides is 1. The Labute approximate surface area is 85.4 Å². The topological polar surface area (TPSA) is 56.0 Å². The van der Waals surface area contributed by atoms with Gasteiger partial charge in [0, 0.05) is 6.20 Å². The van der Waals surface area contributed by atoms with Gasteiger partial charge in [0.15, 0.2) is 0 Å². The smallest absolute Gasteiger partial charge is 0.250 e. The zero-order valence-corrected chi connectivity index (χ0v) is 8.18. The molecule has 0 saturated carbocycles. The van der Waals surface area contributed by atoms with Crippen molar-refractivity contribution in [2.24, 2.45) is 5.73 Å². The number of halogens is 2. The summed E-state index contributed by atoms with van der Waals surface area (Å²) in [5.41, 5.74) is 5.16. The standard InChI is InChI=1S/C9H8ClFN2O/c1-2-7(11)8-6(10)3-5(4-13-8)9(12)14/h2-4H,1H3,(H2,12,14)/b7-2-. The maximum atomic E-state index is 13.1. The lowest BCUT2D eigenvalue weighted by Gasteiger charge is -2.01. The third-order valence-corrected chi connectivity index (χ3v) is 1.89. The van der Waals surface area contributed by atoms with Gasteiger partial charge in [0.25, 0.3) is 0 Å². The highest BCUT2D eigenvalue weighted by Gasteiger charge is 2.09. The predicted molar refractivity (Wildman–Crippen MR) is 52.5 cm³/mol. The fourth-order valence-corrected chi connectivity index (χ4v) is 1.14. The van der Waals surface area contributed by atoms with E-state index in [2.05, 4.69) is 4.98 Å². The maximum absolute atomic E-state index is 13.1. The Morgan fingerprint density at radius 3 is 2.79 bits per heavy atom. The van der Waals surface area contributed by atoms with Crippen LogP contribution in [0.1, 0.15) is 23.0 Å². The first-order chi connectivity index (χ1) is 6.56. The molecular formula is C9H8ClFN2O. The van der Waals surface area contributed by atoms with E-state index in [1.54, 1.807) is 0 Å². The molecule has 0 aliphatic heterocycles. The molecule has 5 heteroatoms. The van der Waals surface area contributed by atoms with Gasteiger partial charge in [0.05, 0.1) is 10.6 Å². The van der Waals surface area contributed by atoms with E-state index in [-0.39, 0.29) is 16.3 Å². The van der Waals surface area contributed by atoms with Crippen LogP contribution in [-0.4, -0.2) is 10.9 Å². The molecule has 14 heavy (non-hydrogen) atoms. The van der Waals surface area contributed by atoms with E-state index in [1.807, 2.05) is 0 Å². The minimum absolute atomic E-state index is 0.0131. The summed E-state index contributed by atoms with van der Waals surface area (Å²) in [5.74, 6) is -1.18. The van der Waals surface area contributed by atoms with Gasteiger partial charge >= 0.3 is 0 Å². The fourth-order valence-electron chi connectivity index (χ4n) is 0.885. The summed E-state index contributed by atoms with van der Waals surface area (Å²) in [5, 5.41) is 0.0666. The van der Waals surface area contributed by atoms with Crippen LogP contribution in [0.2, 0.25) is 5.02 Å². The van der Waals surface area contributed by atoms with Crippen LogP contribution in [0.3, 0.4) is 0 Å². The summed E-state index contributed by atoms with van der Waals surface area (Å²) in [7, 11) is 0. The number of nitrogens with two attached hydrogens (primary N) is 1. The van der Waals surface area contributed by atoms with Crippen LogP contribution in [0.15, 0.2) is 18.3 Å². The van der Waals surface area contributed by atoms with Crippen molar-refractivity contribution in [3.05, 3.63) is 34.6 Å². The van der Waals surface area contributed by atoms with E-state index in [4.69, 9.17) is 17.3 Å². The van der Waals surface area contributed by atoms with Crippen LogP contribution < -0.4 is 5.73 Å². The number of nitrogens with zero attached hydrogens (tertiary/aromatic N) is 1. The number of allylic oxidation sites excluding steroid dienone is 1. The fraction of sp³-hybridized carbons (Fsp3) is 0.111. The molecule has 1 amide bonds. The van der Waals surface area contributed by atoms with E-state index >= 15 is 0 Å². The second kappa shape index (κ2) is 4.19. The highest BCUT2D eigenvalue weighted by atomic mass is 35.5. The van der Waals surface area contributed by atoms with E-state index in [0.29, 0.717) is 0 Å². The zero-order valence-electron chi connectivity index (χ0n) is 7.42. The van der Waals surface area contributed by atoms with Gasteiger partial charge in [0.1, 0.15) is 11.5 Å². The Morgan fingerprint density at radius 1 is 1.71 bits per heavy atom. The predicted octanol–water partition coefficient (Wildman–Crippen LogP) is 2.16. The molecule has 1 aromatic heterocycles. The number of aromatic nitrogens is 1. The molecular weight excluding hydrogens is 207 g/mol. The monoisotopic (exact) mass is 214 g/mol. The normalized spacial score (nSPS) is 11.5. The summed E-state index contributed by atoms with van der Waals surface area (Å²) in [6.07, 6.45) is 2.42. The number of hydrogen-bond acceptors (Lipinski definition) is 2. The molecule has 0 unspecified atom stereocenters. The van der Waals surface area contributed by atoms with Crippen molar-refractivity contribution < 1.29 is 9.18 Å². The lowest BCUT2D eigenvalue weighted by molar-refractivity contribution is 0.1000. The third kappa shape index (κ3) is 2.09. The lowest BCUT2D eigenvalue weighted by Crippen LogP contribution is -2.11. The molecule has 0 radical (unpaired) electrons. The van der Waals surface area contributed by atoms with Crippen molar-refractivity contribution in [2.75, 3.05) is 0 Å². The highest BCUT2D eigenvalue weighted by molar-refractivity contribution is 6.32. The third-order valence-electron chi connectivity index (χ3n) is 1.61. The molecule has 0 saturated heterocycles. The van der Waals surface area contributed by atoms with Gasteiger partial charge in [-0.2, -0.15) is 0 Å². The average Bonchev–Trinajstić information content (AvgIpc) is 2.16. The molecule has 2 N–H and O–H groups in total. The maximum Gasteiger partial charge on any atom is 0.250 e.